The summed E-state index contributed by atoms with van der Waals surface area (Å²) in [4.78, 5) is 2.10. The van der Waals surface area contributed by atoms with Crippen molar-refractivity contribution in [3.63, 3.8) is 0 Å². The molecule has 0 bridgehead atoms. The Morgan fingerprint density at radius 3 is 2.71 bits per heavy atom. The summed E-state index contributed by atoms with van der Waals surface area (Å²) in [5, 5.41) is 0.785. The monoisotopic (exact) mass is 317 g/mol. The Morgan fingerprint density at radius 1 is 1.41 bits per heavy atom. The van der Waals surface area contributed by atoms with Gasteiger partial charge in [0.2, 0.25) is 0 Å². The average molecular weight is 318 g/mol. The van der Waals surface area contributed by atoms with E-state index >= 15 is 0 Å². The van der Waals surface area contributed by atoms with Crippen molar-refractivity contribution in [2.75, 3.05) is 23.5 Å². The van der Waals surface area contributed by atoms with E-state index in [1.807, 2.05) is 25.2 Å². The fourth-order valence-electron chi connectivity index (χ4n) is 2.25. The van der Waals surface area contributed by atoms with Crippen LogP contribution in [0.25, 0.3) is 0 Å². The molecular formula is C12H16BrNO2S. The number of para-hydroxylation sites is 1. The van der Waals surface area contributed by atoms with Gasteiger partial charge in [0.15, 0.2) is 9.84 Å². The van der Waals surface area contributed by atoms with Gasteiger partial charge < -0.3 is 4.90 Å². The van der Waals surface area contributed by atoms with Crippen LogP contribution in [0.3, 0.4) is 0 Å². The van der Waals surface area contributed by atoms with Crippen LogP contribution in [-0.2, 0) is 15.2 Å². The van der Waals surface area contributed by atoms with E-state index in [4.69, 9.17) is 0 Å². The summed E-state index contributed by atoms with van der Waals surface area (Å²) >= 11 is 3.46. The van der Waals surface area contributed by atoms with Crippen molar-refractivity contribution in [2.24, 2.45) is 0 Å². The van der Waals surface area contributed by atoms with Gasteiger partial charge in [-0.25, -0.2) is 8.42 Å². The lowest BCUT2D eigenvalue weighted by Gasteiger charge is -2.27. The van der Waals surface area contributed by atoms with E-state index in [2.05, 4.69) is 26.9 Å². The number of sulfone groups is 1. The van der Waals surface area contributed by atoms with Crippen molar-refractivity contribution in [3.8, 4) is 0 Å². The highest BCUT2D eigenvalue weighted by atomic mass is 79.9. The maximum Gasteiger partial charge on any atom is 0.152 e. The molecule has 0 saturated carbocycles. The smallest absolute Gasteiger partial charge is 0.152 e. The van der Waals surface area contributed by atoms with Gasteiger partial charge in [-0.05, 0) is 18.1 Å². The van der Waals surface area contributed by atoms with Gasteiger partial charge in [-0.1, -0.05) is 34.1 Å². The first kappa shape index (κ1) is 12.9. The molecule has 1 unspecified atom stereocenters. The third-order valence-corrected chi connectivity index (χ3v) is 5.63. The van der Waals surface area contributed by atoms with Gasteiger partial charge in [0.1, 0.15) is 0 Å². The molecule has 0 radical (unpaired) electrons. The first-order chi connectivity index (χ1) is 8.03. The molecule has 0 spiro atoms. The van der Waals surface area contributed by atoms with E-state index in [9.17, 15) is 8.42 Å². The zero-order chi connectivity index (χ0) is 12.5. The van der Waals surface area contributed by atoms with Crippen LogP contribution in [0.15, 0.2) is 24.3 Å². The van der Waals surface area contributed by atoms with Crippen molar-refractivity contribution in [1.82, 2.24) is 0 Å². The maximum atomic E-state index is 11.5. The zero-order valence-electron chi connectivity index (χ0n) is 9.77. The number of alkyl halides is 1. The second-order valence-corrected chi connectivity index (χ2v) is 7.22. The van der Waals surface area contributed by atoms with Gasteiger partial charge >= 0.3 is 0 Å². The molecule has 1 aromatic carbocycles. The van der Waals surface area contributed by atoms with Gasteiger partial charge in [-0.15, -0.1) is 0 Å². The normalized spacial score (nSPS) is 22.6. The molecule has 0 N–H and O–H groups in total. The third-order valence-electron chi connectivity index (χ3n) is 3.27. The number of anilines is 1. The topological polar surface area (TPSA) is 37.4 Å². The molecule has 0 aromatic heterocycles. The highest BCUT2D eigenvalue weighted by Crippen LogP contribution is 2.27. The Kier molecular flexibility index (Phi) is 3.78. The molecule has 1 atom stereocenters. The predicted molar refractivity (Wildman–Crippen MR) is 74.5 cm³/mol. The molecule has 1 aromatic rings. The summed E-state index contributed by atoms with van der Waals surface area (Å²) in [6.45, 7) is 0. The van der Waals surface area contributed by atoms with Gasteiger partial charge in [-0.2, -0.15) is 0 Å². The van der Waals surface area contributed by atoms with E-state index < -0.39 is 9.84 Å². The molecule has 5 heteroatoms. The van der Waals surface area contributed by atoms with Gasteiger partial charge in [0.25, 0.3) is 0 Å². The molecular weight excluding hydrogens is 302 g/mol. The Hall–Kier alpha value is -0.550. The summed E-state index contributed by atoms with van der Waals surface area (Å²) in [5.74, 6) is 0.596. The quantitative estimate of drug-likeness (QED) is 0.802. The summed E-state index contributed by atoms with van der Waals surface area (Å²) < 4.78 is 23.0. The molecule has 1 aliphatic heterocycles. The molecule has 1 aliphatic rings. The van der Waals surface area contributed by atoms with Crippen LogP contribution >= 0.6 is 15.9 Å². The number of hydrogen-bond donors (Lipinski definition) is 0. The summed E-state index contributed by atoms with van der Waals surface area (Å²) in [5.41, 5.74) is 2.31. The zero-order valence-corrected chi connectivity index (χ0v) is 12.2. The second-order valence-electron chi connectivity index (χ2n) is 4.43. The largest absolute Gasteiger partial charge is 0.370 e. The molecule has 94 valence electrons. The van der Waals surface area contributed by atoms with E-state index in [1.54, 1.807) is 0 Å². The first-order valence-corrected chi connectivity index (χ1v) is 8.55. The van der Waals surface area contributed by atoms with Crippen molar-refractivity contribution >= 4 is 31.5 Å². The molecule has 1 heterocycles. The molecule has 0 aliphatic carbocycles. The Labute approximate surface area is 111 Å². The molecule has 2 rings (SSSR count). The van der Waals surface area contributed by atoms with E-state index in [1.165, 1.54) is 5.56 Å². The number of nitrogens with zero attached hydrogens (tertiary/aromatic N) is 1. The van der Waals surface area contributed by atoms with Crippen LogP contribution in [0.4, 0.5) is 5.69 Å². The van der Waals surface area contributed by atoms with Gasteiger partial charge in [-0.3, -0.25) is 0 Å². The number of halogens is 1. The van der Waals surface area contributed by atoms with E-state index in [0.29, 0.717) is 5.75 Å². The fourth-order valence-corrected chi connectivity index (χ4v) is 4.49. The van der Waals surface area contributed by atoms with Crippen LogP contribution < -0.4 is 4.90 Å². The second kappa shape index (κ2) is 4.98. The highest BCUT2D eigenvalue weighted by molar-refractivity contribution is 9.08. The standard InChI is InChI=1S/C12H16BrNO2S/c1-14(11-6-7-17(15,16)9-11)12-5-3-2-4-10(12)8-13/h2-5,11H,6-9H2,1H3. The number of hydrogen-bond acceptors (Lipinski definition) is 3. The van der Waals surface area contributed by atoms with Crippen LogP contribution in [0, 0.1) is 0 Å². The summed E-state index contributed by atoms with van der Waals surface area (Å²) in [6, 6.07) is 8.20. The SMILES string of the molecule is CN(c1ccccc1CBr)C1CCS(=O)(=O)C1. The Balaban J connectivity index is 2.23. The van der Waals surface area contributed by atoms with Crippen LogP contribution in [-0.4, -0.2) is 33.0 Å². The molecule has 3 nitrogen and oxygen atoms in total. The fraction of sp³-hybridized carbons (Fsp3) is 0.500. The minimum absolute atomic E-state index is 0.111. The number of benzene rings is 1. The Bertz CT molecular complexity index is 501. The van der Waals surface area contributed by atoms with Crippen LogP contribution in [0.2, 0.25) is 0 Å². The van der Waals surface area contributed by atoms with Crippen LogP contribution in [0.1, 0.15) is 12.0 Å². The van der Waals surface area contributed by atoms with Crippen molar-refractivity contribution in [2.45, 2.75) is 17.8 Å². The number of rotatable bonds is 3. The summed E-state index contributed by atoms with van der Waals surface area (Å²) in [7, 11) is -0.842. The van der Waals surface area contributed by atoms with Gasteiger partial charge in [0, 0.05) is 24.1 Å². The lowest BCUT2D eigenvalue weighted by molar-refractivity contribution is 0.601. The first-order valence-electron chi connectivity index (χ1n) is 5.60. The van der Waals surface area contributed by atoms with Crippen molar-refractivity contribution < 1.29 is 8.42 Å². The highest BCUT2D eigenvalue weighted by Gasteiger charge is 2.31. The minimum Gasteiger partial charge on any atom is -0.370 e. The molecule has 1 fully saturated rings. The molecule has 17 heavy (non-hydrogen) atoms. The van der Waals surface area contributed by atoms with Crippen LogP contribution in [0.5, 0.6) is 0 Å². The average Bonchev–Trinajstić information content (AvgIpc) is 2.68. The van der Waals surface area contributed by atoms with Crippen molar-refractivity contribution in [3.05, 3.63) is 29.8 Å². The molecule has 0 amide bonds. The summed E-state index contributed by atoms with van der Waals surface area (Å²) in [6.07, 6.45) is 0.732. The third kappa shape index (κ3) is 2.83. The minimum atomic E-state index is -2.82. The van der Waals surface area contributed by atoms with Crippen molar-refractivity contribution in [1.29, 1.82) is 0 Å². The van der Waals surface area contributed by atoms with E-state index in [-0.39, 0.29) is 11.8 Å². The lowest BCUT2D eigenvalue weighted by Crippen LogP contribution is -2.33. The predicted octanol–water partition coefficient (Wildman–Crippen LogP) is 2.20. The lowest BCUT2D eigenvalue weighted by atomic mass is 10.1. The molecule has 1 saturated heterocycles. The van der Waals surface area contributed by atoms with E-state index in [0.717, 1.165) is 17.4 Å². The Morgan fingerprint density at radius 2 is 2.12 bits per heavy atom. The maximum absolute atomic E-state index is 11.5. The van der Waals surface area contributed by atoms with Gasteiger partial charge in [0.05, 0.1) is 11.5 Å².